The van der Waals surface area contributed by atoms with Crippen molar-refractivity contribution in [1.29, 1.82) is 0 Å². The molecule has 1 unspecified atom stereocenters. The van der Waals surface area contributed by atoms with Gasteiger partial charge >= 0.3 is 0 Å². The van der Waals surface area contributed by atoms with Gasteiger partial charge in [0.2, 0.25) is 0 Å². The predicted octanol–water partition coefficient (Wildman–Crippen LogP) is 4.02. The monoisotopic (exact) mass is 358 g/mol. The van der Waals surface area contributed by atoms with E-state index >= 15 is 0 Å². The Balaban J connectivity index is 2.13. The lowest BCUT2D eigenvalue weighted by Gasteiger charge is -2.17. The molecule has 0 aliphatic heterocycles. The van der Waals surface area contributed by atoms with Gasteiger partial charge < -0.3 is 0 Å². The van der Waals surface area contributed by atoms with Gasteiger partial charge in [0.25, 0.3) is 0 Å². The van der Waals surface area contributed by atoms with Crippen LogP contribution in [0.5, 0.6) is 0 Å². The van der Waals surface area contributed by atoms with E-state index in [9.17, 15) is 8.78 Å². The third-order valence-electron chi connectivity index (χ3n) is 2.76. The van der Waals surface area contributed by atoms with E-state index in [1.54, 1.807) is 0 Å². The van der Waals surface area contributed by atoms with Crippen LogP contribution in [-0.2, 0) is 0 Å². The predicted molar refractivity (Wildman–Crippen MR) is 81.3 cm³/mol. The van der Waals surface area contributed by atoms with Crippen molar-refractivity contribution in [2.45, 2.75) is 10.9 Å². The molecule has 0 aliphatic carbocycles. The number of hydrogen-bond acceptors (Lipinski definition) is 3. The van der Waals surface area contributed by atoms with Crippen molar-refractivity contribution >= 4 is 27.7 Å². The van der Waals surface area contributed by atoms with E-state index in [4.69, 9.17) is 5.84 Å². The minimum atomic E-state index is -0.597. The number of hydrazine groups is 1. The topological polar surface area (TPSA) is 38.0 Å². The van der Waals surface area contributed by atoms with Crippen LogP contribution < -0.4 is 11.3 Å². The van der Waals surface area contributed by atoms with Crippen molar-refractivity contribution in [3.05, 3.63) is 64.1 Å². The quantitative estimate of drug-likeness (QED) is 0.481. The van der Waals surface area contributed by atoms with E-state index < -0.39 is 17.7 Å². The summed E-state index contributed by atoms with van der Waals surface area (Å²) >= 11 is 4.85. The van der Waals surface area contributed by atoms with Crippen LogP contribution in [0.25, 0.3) is 0 Å². The van der Waals surface area contributed by atoms with E-state index in [0.717, 1.165) is 9.37 Å². The van der Waals surface area contributed by atoms with Crippen molar-refractivity contribution in [3.63, 3.8) is 0 Å². The van der Waals surface area contributed by atoms with Gasteiger partial charge in [-0.15, -0.1) is 11.8 Å². The van der Waals surface area contributed by atoms with Gasteiger partial charge in [0, 0.05) is 20.7 Å². The van der Waals surface area contributed by atoms with Crippen LogP contribution in [0.1, 0.15) is 11.6 Å². The van der Waals surface area contributed by atoms with Gasteiger partial charge in [-0.1, -0.05) is 28.1 Å². The summed E-state index contributed by atoms with van der Waals surface area (Å²) in [5, 5.41) is 0. The number of nitrogens with two attached hydrogens (primary N) is 1. The highest BCUT2D eigenvalue weighted by atomic mass is 79.9. The highest BCUT2D eigenvalue weighted by Crippen LogP contribution is 2.28. The van der Waals surface area contributed by atoms with E-state index in [0.29, 0.717) is 5.75 Å². The molecule has 2 rings (SSSR count). The van der Waals surface area contributed by atoms with E-state index in [1.165, 1.54) is 30.0 Å². The summed E-state index contributed by atoms with van der Waals surface area (Å²) in [5.74, 6) is 4.66. The Morgan fingerprint density at radius 2 is 1.80 bits per heavy atom. The number of rotatable bonds is 5. The Morgan fingerprint density at radius 3 is 2.40 bits per heavy atom. The van der Waals surface area contributed by atoms with Gasteiger partial charge in [-0.25, -0.2) is 8.78 Å². The molecular weight excluding hydrogens is 346 g/mol. The Hall–Kier alpha value is -0.950. The number of nitrogens with one attached hydrogen (secondary N) is 1. The second kappa shape index (κ2) is 7.17. The summed E-state index contributed by atoms with van der Waals surface area (Å²) in [6.45, 7) is 0. The number of benzene rings is 2. The average molecular weight is 359 g/mol. The van der Waals surface area contributed by atoms with Crippen LogP contribution in [0.4, 0.5) is 8.78 Å². The van der Waals surface area contributed by atoms with Crippen LogP contribution in [0.3, 0.4) is 0 Å². The van der Waals surface area contributed by atoms with E-state index in [1.807, 2.05) is 24.3 Å². The molecule has 0 bridgehead atoms. The number of thioether (sulfide) groups is 1. The summed E-state index contributed by atoms with van der Waals surface area (Å²) in [6.07, 6.45) is 0. The minimum absolute atomic E-state index is 0.0301. The van der Waals surface area contributed by atoms with Crippen LogP contribution in [-0.4, -0.2) is 5.75 Å². The molecule has 0 radical (unpaired) electrons. The Morgan fingerprint density at radius 1 is 1.15 bits per heavy atom. The maximum absolute atomic E-state index is 13.7. The normalized spacial score (nSPS) is 12.4. The summed E-state index contributed by atoms with van der Waals surface area (Å²) in [4.78, 5) is 0.997. The Bertz CT molecular complexity index is 575. The van der Waals surface area contributed by atoms with Crippen LogP contribution >= 0.6 is 27.7 Å². The molecule has 2 nitrogen and oxygen atoms in total. The molecule has 2 aromatic carbocycles. The summed E-state index contributed by atoms with van der Waals surface area (Å²) in [7, 11) is 0. The molecule has 20 heavy (non-hydrogen) atoms. The fourth-order valence-corrected chi connectivity index (χ4v) is 3.35. The molecule has 0 saturated heterocycles. The summed E-state index contributed by atoms with van der Waals surface area (Å²) < 4.78 is 28.4. The first-order valence-electron chi connectivity index (χ1n) is 5.90. The molecule has 6 heteroatoms. The minimum Gasteiger partial charge on any atom is -0.271 e. The van der Waals surface area contributed by atoms with Crippen molar-refractivity contribution in [2.75, 3.05) is 5.75 Å². The largest absolute Gasteiger partial charge is 0.271 e. The van der Waals surface area contributed by atoms with Gasteiger partial charge in [0.05, 0.1) is 6.04 Å². The smallest absolute Gasteiger partial charge is 0.130 e. The van der Waals surface area contributed by atoms with Gasteiger partial charge in [-0.05, 0) is 30.3 Å². The van der Waals surface area contributed by atoms with Gasteiger partial charge in [0.1, 0.15) is 11.6 Å². The van der Waals surface area contributed by atoms with E-state index in [2.05, 4.69) is 21.4 Å². The zero-order valence-corrected chi connectivity index (χ0v) is 12.8. The van der Waals surface area contributed by atoms with Gasteiger partial charge in [0.15, 0.2) is 0 Å². The molecule has 1 atom stereocenters. The summed E-state index contributed by atoms with van der Waals surface area (Å²) in [5.41, 5.74) is 2.44. The SMILES string of the molecule is NNC(CSc1cccc(Br)c1)c1c(F)cccc1F. The molecule has 0 spiro atoms. The average Bonchev–Trinajstić information content (AvgIpc) is 2.42. The molecule has 0 fully saturated rings. The molecule has 106 valence electrons. The van der Waals surface area contributed by atoms with Crippen LogP contribution in [0, 0.1) is 11.6 Å². The molecule has 3 N–H and O–H groups in total. The van der Waals surface area contributed by atoms with Crippen molar-refractivity contribution in [3.8, 4) is 0 Å². The van der Waals surface area contributed by atoms with E-state index in [-0.39, 0.29) is 5.56 Å². The fourth-order valence-electron chi connectivity index (χ4n) is 1.79. The second-order valence-corrected chi connectivity index (χ2v) is 6.13. The zero-order chi connectivity index (χ0) is 14.5. The van der Waals surface area contributed by atoms with Crippen LogP contribution in [0.15, 0.2) is 51.8 Å². The third-order valence-corrected chi connectivity index (χ3v) is 4.34. The first kappa shape index (κ1) is 15.4. The highest BCUT2D eigenvalue weighted by Gasteiger charge is 2.19. The fraction of sp³-hybridized carbons (Fsp3) is 0.143. The molecule has 0 heterocycles. The lowest BCUT2D eigenvalue weighted by Crippen LogP contribution is -2.31. The maximum atomic E-state index is 13.7. The first-order valence-corrected chi connectivity index (χ1v) is 7.68. The first-order chi connectivity index (χ1) is 9.61. The lowest BCUT2D eigenvalue weighted by molar-refractivity contribution is 0.500. The molecule has 0 aromatic heterocycles. The second-order valence-electron chi connectivity index (χ2n) is 4.12. The zero-order valence-electron chi connectivity index (χ0n) is 10.4. The Labute approximate surface area is 128 Å². The van der Waals surface area contributed by atoms with Crippen molar-refractivity contribution in [1.82, 2.24) is 5.43 Å². The van der Waals surface area contributed by atoms with Crippen molar-refractivity contribution < 1.29 is 8.78 Å². The molecule has 0 aliphatic rings. The number of hydrogen-bond donors (Lipinski definition) is 2. The molecule has 2 aromatic rings. The maximum Gasteiger partial charge on any atom is 0.130 e. The third kappa shape index (κ3) is 3.79. The van der Waals surface area contributed by atoms with Crippen molar-refractivity contribution in [2.24, 2.45) is 5.84 Å². The lowest BCUT2D eigenvalue weighted by atomic mass is 10.1. The standard InChI is InChI=1S/C14H13BrF2N2S/c15-9-3-1-4-10(7-9)20-8-13(19-18)14-11(16)5-2-6-12(14)17/h1-7,13,19H,8,18H2. The number of halogens is 3. The molecular formula is C14H13BrF2N2S. The van der Waals surface area contributed by atoms with Gasteiger partial charge in [-0.2, -0.15) is 0 Å². The molecule has 0 saturated carbocycles. The van der Waals surface area contributed by atoms with Crippen LogP contribution in [0.2, 0.25) is 0 Å². The molecule has 0 amide bonds. The summed E-state index contributed by atoms with van der Waals surface area (Å²) in [6, 6.07) is 10.9. The Kier molecular flexibility index (Phi) is 5.54. The van der Waals surface area contributed by atoms with Gasteiger partial charge in [-0.3, -0.25) is 11.3 Å². The highest BCUT2D eigenvalue weighted by molar-refractivity contribution is 9.10.